The van der Waals surface area contributed by atoms with Crippen LogP contribution in [0.5, 0.6) is 17.2 Å². The normalized spacial score (nSPS) is 11.7. The largest absolute Gasteiger partial charge is 0.487 e. The molecule has 2 aromatic rings. The van der Waals surface area contributed by atoms with E-state index in [-0.39, 0.29) is 86.5 Å². The molecular weight excluding hydrogens is 1000 g/mol. The molecule has 75 heavy (non-hydrogen) atoms. The van der Waals surface area contributed by atoms with Crippen molar-refractivity contribution in [2.45, 2.75) is 51.9 Å². The molecule has 0 saturated carbocycles. The van der Waals surface area contributed by atoms with Gasteiger partial charge in [0.1, 0.15) is 19.8 Å². The number of carbonyl (C=O) groups excluding carboxylic acids is 2. The number of nitrogens with one attached hydrogen (secondary N) is 3. The Morgan fingerprint density at radius 3 is 1.44 bits per heavy atom. The Hall–Kier alpha value is -3.89. The second-order valence-electron chi connectivity index (χ2n) is 16.1. The van der Waals surface area contributed by atoms with Crippen LogP contribution in [0.2, 0.25) is 0 Å². The van der Waals surface area contributed by atoms with E-state index in [4.69, 9.17) is 75.8 Å². The number of ether oxygens (including phenoxy) is 16. The third-order valence-electron chi connectivity index (χ3n) is 10.2. The molecule has 1 unspecified atom stereocenters. The first-order valence-electron chi connectivity index (χ1n) is 26.0. The number of nitrogens with zero attached hydrogens (tertiary/aromatic N) is 1. The molecule has 1 aromatic carbocycles. The van der Waals surface area contributed by atoms with Crippen LogP contribution in [0, 0.1) is 0 Å². The molecule has 0 aliphatic heterocycles. The van der Waals surface area contributed by atoms with Gasteiger partial charge in [0.25, 0.3) is 5.56 Å². The highest BCUT2D eigenvalue weighted by atomic mass is 32.2. The molecule has 0 saturated heterocycles. The quantitative estimate of drug-likeness (QED) is 0.0595. The van der Waals surface area contributed by atoms with Gasteiger partial charge in [0.2, 0.25) is 11.7 Å². The van der Waals surface area contributed by atoms with Gasteiger partial charge in [0.05, 0.1) is 157 Å². The number of thioether (sulfide) groups is 1. The smallest absolute Gasteiger partial charge is 0.338 e. The van der Waals surface area contributed by atoms with E-state index in [0.29, 0.717) is 149 Å². The Kier molecular flexibility index (Phi) is 43.5. The maximum Gasteiger partial charge on any atom is 0.338 e. The third-order valence-corrected chi connectivity index (χ3v) is 11.3. The number of methoxy groups -OCH3 is 3. The minimum absolute atomic E-state index is 0.115. The number of rotatable bonds is 53. The van der Waals surface area contributed by atoms with Gasteiger partial charge in [0.15, 0.2) is 11.5 Å². The molecule has 0 aliphatic rings. The number of esters is 1. The maximum absolute atomic E-state index is 13.6. The van der Waals surface area contributed by atoms with Crippen LogP contribution in [0.25, 0.3) is 0 Å². The highest BCUT2D eigenvalue weighted by molar-refractivity contribution is 7.99. The number of hydrogen-bond donors (Lipinski definition) is 3. The van der Waals surface area contributed by atoms with E-state index in [1.807, 2.05) is 0 Å². The molecule has 23 nitrogen and oxygen atoms in total. The number of aromatic amines is 1. The Morgan fingerprint density at radius 1 is 0.560 bits per heavy atom. The van der Waals surface area contributed by atoms with Crippen LogP contribution in [0.4, 0.5) is 10.7 Å². The number of carbonyl (C=O) groups is 2. The first-order valence-corrected chi connectivity index (χ1v) is 27.2. The topological polar surface area (TPSA) is 252 Å². The summed E-state index contributed by atoms with van der Waals surface area (Å²) in [7, 11) is 4.86. The summed E-state index contributed by atoms with van der Waals surface area (Å²) in [5.41, 5.74) is 0.550. The fourth-order valence-corrected chi connectivity index (χ4v) is 7.16. The molecule has 0 bridgehead atoms. The SMILES string of the molecule is CCCCC(CC)c1cc(=O)[nH]c(NC(=O)NCCSCCCOC(=O)c2cc(OCCOCCOCCOCCOC)c(OCCOCCOCCOCCOC)c(OCCOCCOCCOCCOC)c2)n1. The van der Waals surface area contributed by atoms with E-state index < -0.39 is 12.0 Å². The average molecular weight is 1090 g/mol. The number of unbranched alkanes of at least 4 members (excludes halogenated alkanes) is 1. The zero-order chi connectivity index (χ0) is 54.1. The molecule has 0 spiro atoms. The zero-order valence-corrected chi connectivity index (χ0v) is 46.1. The lowest BCUT2D eigenvalue weighted by molar-refractivity contribution is -0.00161. The molecule has 1 aromatic heterocycles. The van der Waals surface area contributed by atoms with Crippen molar-refractivity contribution in [3.63, 3.8) is 0 Å². The maximum atomic E-state index is 13.6. The number of H-pyrrole nitrogens is 1. The summed E-state index contributed by atoms with van der Waals surface area (Å²) in [5, 5.41) is 5.43. The third kappa shape index (κ3) is 36.0. The van der Waals surface area contributed by atoms with E-state index >= 15 is 0 Å². The monoisotopic (exact) mass is 1090 g/mol. The van der Waals surface area contributed by atoms with Crippen LogP contribution in [-0.2, 0) is 61.6 Å². The van der Waals surface area contributed by atoms with Crippen molar-refractivity contribution in [2.75, 3.05) is 210 Å². The first-order chi connectivity index (χ1) is 36.9. The highest BCUT2D eigenvalue weighted by Gasteiger charge is 2.21. The molecule has 432 valence electrons. The molecule has 2 amide bonds. The summed E-state index contributed by atoms with van der Waals surface area (Å²) in [6.07, 6.45) is 4.41. The van der Waals surface area contributed by atoms with Gasteiger partial charge in [0, 0.05) is 45.6 Å². The summed E-state index contributed by atoms with van der Waals surface area (Å²) < 4.78 is 89.4. The second-order valence-corrected chi connectivity index (χ2v) is 17.3. The summed E-state index contributed by atoms with van der Waals surface area (Å²) >= 11 is 1.59. The van der Waals surface area contributed by atoms with Crippen LogP contribution in [0.15, 0.2) is 23.0 Å². The van der Waals surface area contributed by atoms with Crippen LogP contribution in [-0.4, -0.2) is 227 Å². The highest BCUT2D eigenvalue weighted by Crippen LogP contribution is 2.39. The van der Waals surface area contributed by atoms with E-state index in [1.165, 1.54) is 6.07 Å². The van der Waals surface area contributed by atoms with Gasteiger partial charge in [-0.2, -0.15) is 11.8 Å². The zero-order valence-electron chi connectivity index (χ0n) is 45.3. The lowest BCUT2D eigenvalue weighted by Gasteiger charge is -2.19. The molecule has 0 fully saturated rings. The second kappa shape index (κ2) is 48.5. The Bertz CT molecular complexity index is 1700. The number of hydrogen-bond acceptors (Lipinski definition) is 21. The van der Waals surface area contributed by atoms with Gasteiger partial charge in [-0.25, -0.2) is 14.6 Å². The van der Waals surface area contributed by atoms with Gasteiger partial charge < -0.3 is 81.1 Å². The number of urea groups is 1. The molecular formula is C51H88N4O19S. The summed E-state index contributed by atoms with van der Waals surface area (Å²) in [6.45, 7) is 13.5. The van der Waals surface area contributed by atoms with E-state index in [9.17, 15) is 14.4 Å². The van der Waals surface area contributed by atoms with E-state index in [0.717, 1.165) is 25.7 Å². The van der Waals surface area contributed by atoms with Crippen molar-refractivity contribution < 1.29 is 85.4 Å². The predicted octanol–water partition coefficient (Wildman–Crippen LogP) is 4.78. The fraction of sp³-hybridized carbons (Fsp3) is 0.765. The number of aromatic nitrogens is 2. The minimum Gasteiger partial charge on any atom is -0.487 e. The number of anilines is 1. The molecule has 0 radical (unpaired) electrons. The Labute approximate surface area is 447 Å². The van der Waals surface area contributed by atoms with Crippen molar-refractivity contribution >= 4 is 29.7 Å². The predicted molar refractivity (Wildman–Crippen MR) is 283 cm³/mol. The Morgan fingerprint density at radius 2 is 1.00 bits per heavy atom. The van der Waals surface area contributed by atoms with E-state index in [2.05, 4.69) is 34.4 Å². The molecule has 0 aliphatic carbocycles. The molecule has 24 heteroatoms. The van der Waals surface area contributed by atoms with Crippen molar-refractivity contribution in [3.05, 3.63) is 39.8 Å². The summed E-state index contributed by atoms with van der Waals surface area (Å²) in [5.74, 6) is 1.69. The Balaban J connectivity index is 2.01. The molecule has 1 heterocycles. The van der Waals surface area contributed by atoms with Crippen molar-refractivity contribution in [3.8, 4) is 17.2 Å². The van der Waals surface area contributed by atoms with Crippen LogP contribution >= 0.6 is 11.8 Å². The van der Waals surface area contributed by atoms with Crippen LogP contribution < -0.4 is 30.4 Å². The van der Waals surface area contributed by atoms with Crippen LogP contribution in [0.3, 0.4) is 0 Å². The van der Waals surface area contributed by atoms with Crippen molar-refractivity contribution in [1.82, 2.24) is 15.3 Å². The summed E-state index contributed by atoms with van der Waals surface area (Å²) in [6, 6.07) is 4.13. The molecule has 2 rings (SSSR count). The summed E-state index contributed by atoms with van der Waals surface area (Å²) in [4.78, 5) is 45.6. The van der Waals surface area contributed by atoms with Crippen LogP contribution in [0.1, 0.15) is 67.9 Å². The average Bonchev–Trinajstić information content (AvgIpc) is 3.40. The lowest BCUT2D eigenvalue weighted by atomic mass is 9.96. The fourth-order valence-electron chi connectivity index (χ4n) is 6.38. The van der Waals surface area contributed by atoms with Gasteiger partial charge >= 0.3 is 12.0 Å². The van der Waals surface area contributed by atoms with Gasteiger partial charge in [-0.05, 0) is 37.1 Å². The van der Waals surface area contributed by atoms with Gasteiger partial charge in [-0.3, -0.25) is 15.1 Å². The number of amides is 2. The molecule has 3 N–H and O–H groups in total. The van der Waals surface area contributed by atoms with Crippen molar-refractivity contribution in [1.29, 1.82) is 0 Å². The van der Waals surface area contributed by atoms with E-state index in [1.54, 1.807) is 45.2 Å². The minimum atomic E-state index is -0.586. The van der Waals surface area contributed by atoms with Crippen molar-refractivity contribution in [2.24, 2.45) is 0 Å². The lowest BCUT2D eigenvalue weighted by Crippen LogP contribution is -2.32. The molecule has 1 atom stereocenters. The number of benzene rings is 1. The standard InChI is InChI=1S/C51H88N4O19S/c1-6-8-10-42(7-2)44-41-47(56)54-50(53-44)55-51(58)52-11-38-75-37-9-12-74-49(57)43-39-45(71-34-31-68-28-25-65-22-19-62-16-13-59-3)48(73-36-33-70-30-27-67-24-21-64-18-15-61-5)46(40-43)72-35-32-69-29-26-66-23-20-63-17-14-60-4/h39-42H,6-38H2,1-5H3,(H3,52,53,54,55,56,58). The van der Waals surface area contributed by atoms with Gasteiger partial charge in [-0.1, -0.05) is 26.7 Å². The first kappa shape index (κ1) is 67.2. The van der Waals surface area contributed by atoms with Gasteiger partial charge in [-0.15, -0.1) is 0 Å².